The highest BCUT2D eigenvalue weighted by Crippen LogP contribution is 2.36. The van der Waals surface area contributed by atoms with Crippen LogP contribution in [0.25, 0.3) is 0 Å². The lowest BCUT2D eigenvalue weighted by Crippen LogP contribution is -2.34. The number of amidine groups is 1. The van der Waals surface area contributed by atoms with Crippen molar-refractivity contribution in [1.82, 2.24) is 0 Å². The van der Waals surface area contributed by atoms with Gasteiger partial charge < -0.3 is 15.4 Å². The smallest absolute Gasteiger partial charge is 0.144 e. The lowest BCUT2D eigenvalue weighted by atomic mass is 9.96. The molecule has 1 aliphatic carbocycles. The van der Waals surface area contributed by atoms with Gasteiger partial charge in [-0.05, 0) is 35.9 Å². The van der Waals surface area contributed by atoms with E-state index in [9.17, 15) is 0 Å². The first-order valence-corrected chi connectivity index (χ1v) is 11.1. The molecule has 0 amide bonds. The average molecular weight is 384 g/mol. The average Bonchev–Trinajstić information content (AvgIpc) is 3.11. The van der Waals surface area contributed by atoms with Crippen LogP contribution in [0, 0.1) is 5.92 Å². The summed E-state index contributed by atoms with van der Waals surface area (Å²) in [6, 6.07) is 10.2. The van der Waals surface area contributed by atoms with Crippen LogP contribution in [-0.4, -0.2) is 25.5 Å². The second kappa shape index (κ2) is 8.79. The summed E-state index contributed by atoms with van der Waals surface area (Å²) >= 11 is 1.61. The van der Waals surface area contributed by atoms with Crippen LogP contribution in [0.2, 0.25) is 0 Å². The molecule has 2 N–H and O–H groups in total. The van der Waals surface area contributed by atoms with Crippen LogP contribution < -0.4 is 15.4 Å². The molecule has 27 heavy (non-hydrogen) atoms. The van der Waals surface area contributed by atoms with Gasteiger partial charge in [0.05, 0.1) is 22.8 Å². The predicted molar refractivity (Wildman–Crippen MR) is 115 cm³/mol. The second-order valence-corrected chi connectivity index (χ2v) is 8.56. The number of fused-ring (bicyclic) bond motifs is 1. The van der Waals surface area contributed by atoms with Crippen LogP contribution in [0.5, 0.6) is 5.75 Å². The third-order valence-electron chi connectivity index (χ3n) is 5.71. The first-order chi connectivity index (χ1) is 13.3. The largest absolute Gasteiger partial charge is 0.489 e. The molecule has 0 radical (unpaired) electrons. The van der Waals surface area contributed by atoms with E-state index < -0.39 is 0 Å². The number of anilines is 1. The molecule has 4 rings (SSSR count). The van der Waals surface area contributed by atoms with Crippen molar-refractivity contribution in [2.75, 3.05) is 24.6 Å². The van der Waals surface area contributed by atoms with Gasteiger partial charge in [0.15, 0.2) is 0 Å². The molecule has 0 spiro atoms. The lowest BCUT2D eigenvalue weighted by molar-refractivity contribution is 0.304. The van der Waals surface area contributed by atoms with Crippen molar-refractivity contribution in [2.45, 2.75) is 44.9 Å². The van der Waals surface area contributed by atoms with Crippen molar-refractivity contribution in [3.8, 4) is 5.75 Å². The van der Waals surface area contributed by atoms with E-state index in [0.29, 0.717) is 5.84 Å². The van der Waals surface area contributed by atoms with Crippen molar-refractivity contribution in [2.24, 2.45) is 16.6 Å². The number of ether oxygens (including phenoxy) is 1. The molecule has 1 fully saturated rings. The molecule has 1 aromatic heterocycles. The fourth-order valence-corrected chi connectivity index (χ4v) is 4.80. The maximum atomic E-state index is 6.13. The summed E-state index contributed by atoms with van der Waals surface area (Å²) in [5.74, 6) is 2.39. The molecule has 1 aromatic carbocycles. The van der Waals surface area contributed by atoms with E-state index in [1.807, 2.05) is 29.6 Å². The van der Waals surface area contributed by atoms with E-state index in [0.717, 1.165) is 41.9 Å². The molecule has 2 heterocycles. The van der Waals surface area contributed by atoms with Gasteiger partial charge in [-0.1, -0.05) is 44.6 Å². The van der Waals surface area contributed by atoms with Crippen LogP contribution in [-0.2, 0) is 0 Å². The summed E-state index contributed by atoms with van der Waals surface area (Å²) in [6.07, 6.45) is 9.79. The second-order valence-electron chi connectivity index (χ2n) is 7.61. The minimum absolute atomic E-state index is 0.561. The van der Waals surface area contributed by atoms with Crippen molar-refractivity contribution in [3.05, 3.63) is 40.6 Å². The first-order valence-electron chi connectivity index (χ1n) is 10.2. The number of benzene rings is 1. The van der Waals surface area contributed by atoms with Gasteiger partial charge >= 0.3 is 0 Å². The normalized spacial score (nSPS) is 18.7. The summed E-state index contributed by atoms with van der Waals surface area (Å²) < 4.78 is 5.93. The van der Waals surface area contributed by atoms with Crippen LogP contribution in [0.3, 0.4) is 0 Å². The van der Waals surface area contributed by atoms with Crippen molar-refractivity contribution in [1.29, 1.82) is 0 Å². The highest BCUT2D eigenvalue weighted by Gasteiger charge is 2.20. The molecule has 5 heteroatoms. The molecule has 0 saturated heterocycles. The van der Waals surface area contributed by atoms with Gasteiger partial charge in [-0.15, -0.1) is 11.3 Å². The topological polar surface area (TPSA) is 50.9 Å². The lowest BCUT2D eigenvalue weighted by Gasteiger charge is -2.32. The molecule has 0 unspecified atom stereocenters. The Morgan fingerprint density at radius 3 is 2.81 bits per heavy atom. The summed E-state index contributed by atoms with van der Waals surface area (Å²) in [7, 11) is 0. The van der Waals surface area contributed by atoms with E-state index in [1.165, 1.54) is 50.6 Å². The number of aliphatic imine (C=N–C) groups is 1. The molecule has 144 valence electrons. The van der Waals surface area contributed by atoms with Gasteiger partial charge in [0.2, 0.25) is 0 Å². The Morgan fingerprint density at radius 1 is 1.19 bits per heavy atom. The Morgan fingerprint density at radius 2 is 2.04 bits per heavy atom. The SMILES string of the molecule is NC(=Nc1ccc2c(c1)OCCN2CCC1CCCCCC1)c1cccs1. The zero-order valence-electron chi connectivity index (χ0n) is 15.9. The van der Waals surface area contributed by atoms with Gasteiger partial charge in [-0.25, -0.2) is 4.99 Å². The minimum atomic E-state index is 0.561. The Balaban J connectivity index is 1.44. The third-order valence-corrected chi connectivity index (χ3v) is 6.60. The predicted octanol–water partition coefficient (Wildman–Crippen LogP) is 5.34. The number of hydrogen-bond acceptors (Lipinski definition) is 4. The maximum absolute atomic E-state index is 6.13. The summed E-state index contributed by atoms with van der Waals surface area (Å²) in [5.41, 5.74) is 8.18. The van der Waals surface area contributed by atoms with E-state index in [-0.39, 0.29) is 0 Å². The molecular weight excluding hydrogens is 354 g/mol. The molecule has 2 aliphatic rings. The highest BCUT2D eigenvalue weighted by molar-refractivity contribution is 7.12. The van der Waals surface area contributed by atoms with E-state index >= 15 is 0 Å². The van der Waals surface area contributed by atoms with Crippen molar-refractivity contribution >= 4 is 28.5 Å². The Bertz CT molecular complexity index is 764. The Kier molecular flexibility index (Phi) is 5.97. The fourth-order valence-electron chi connectivity index (χ4n) is 4.18. The minimum Gasteiger partial charge on any atom is -0.489 e. The zero-order valence-corrected chi connectivity index (χ0v) is 16.7. The van der Waals surface area contributed by atoms with E-state index in [1.54, 1.807) is 11.3 Å². The summed E-state index contributed by atoms with van der Waals surface area (Å²) in [6.45, 7) is 2.84. The third kappa shape index (κ3) is 4.64. The van der Waals surface area contributed by atoms with Crippen LogP contribution in [0.15, 0.2) is 40.7 Å². The number of nitrogens with two attached hydrogens (primary N) is 1. The van der Waals surface area contributed by atoms with Crippen LogP contribution in [0.1, 0.15) is 49.8 Å². The van der Waals surface area contributed by atoms with Gasteiger partial charge in [-0.3, -0.25) is 0 Å². The van der Waals surface area contributed by atoms with Gasteiger partial charge in [0.25, 0.3) is 0 Å². The highest BCUT2D eigenvalue weighted by atomic mass is 32.1. The first kappa shape index (κ1) is 18.4. The fraction of sp³-hybridized carbons (Fsp3) is 0.500. The molecule has 1 aliphatic heterocycles. The number of nitrogens with zero attached hydrogens (tertiary/aromatic N) is 2. The van der Waals surface area contributed by atoms with E-state index in [2.05, 4.69) is 16.0 Å². The molecule has 0 bridgehead atoms. The van der Waals surface area contributed by atoms with Crippen LogP contribution >= 0.6 is 11.3 Å². The van der Waals surface area contributed by atoms with Gasteiger partial charge in [-0.2, -0.15) is 0 Å². The van der Waals surface area contributed by atoms with Crippen molar-refractivity contribution < 1.29 is 4.74 Å². The van der Waals surface area contributed by atoms with E-state index in [4.69, 9.17) is 10.5 Å². The van der Waals surface area contributed by atoms with Crippen LogP contribution in [0.4, 0.5) is 11.4 Å². The zero-order chi connectivity index (χ0) is 18.5. The maximum Gasteiger partial charge on any atom is 0.144 e. The van der Waals surface area contributed by atoms with Crippen molar-refractivity contribution in [3.63, 3.8) is 0 Å². The number of thiophene rings is 1. The van der Waals surface area contributed by atoms with Gasteiger partial charge in [0.1, 0.15) is 18.2 Å². The molecule has 0 atom stereocenters. The molecular formula is C22H29N3OS. The number of rotatable bonds is 5. The molecule has 2 aromatic rings. The molecule has 1 saturated carbocycles. The standard InChI is InChI=1S/C22H29N3OS/c23-22(21-8-5-15-27-21)24-18-9-10-19-20(16-18)26-14-13-25(19)12-11-17-6-3-1-2-4-7-17/h5,8-10,15-17H,1-4,6-7,11-14H2,(H2,23,24). The summed E-state index contributed by atoms with van der Waals surface area (Å²) in [4.78, 5) is 8.06. The summed E-state index contributed by atoms with van der Waals surface area (Å²) in [5, 5.41) is 2.01. The monoisotopic (exact) mass is 383 g/mol. The van der Waals surface area contributed by atoms with Gasteiger partial charge in [0, 0.05) is 12.6 Å². The quantitative estimate of drug-likeness (QED) is 0.430. The Hall–Kier alpha value is -2.01. The molecule has 4 nitrogen and oxygen atoms in total. The Labute approximate surface area is 166 Å². The number of hydrogen-bond donors (Lipinski definition) is 1.